The number of Topliss-reactive ketones (excluding diaryl/α,β-unsaturated/α-hetero) is 1. The number of thiophene rings is 1. The summed E-state index contributed by atoms with van der Waals surface area (Å²) in [5.41, 5.74) is 5.74. The molecule has 0 aromatic carbocycles. The van der Waals surface area contributed by atoms with E-state index in [2.05, 4.69) is 0 Å². The van der Waals surface area contributed by atoms with Crippen molar-refractivity contribution in [2.45, 2.75) is 19.1 Å². The van der Waals surface area contributed by atoms with E-state index in [0.717, 1.165) is 0 Å². The number of aliphatic hydroxyl groups excluding tert-OH is 2. The first-order valence-electron chi connectivity index (χ1n) is 4.21. The molecule has 0 spiro atoms. The Hall–Kier alpha value is -0.750. The van der Waals surface area contributed by atoms with Gasteiger partial charge in [0.1, 0.15) is 6.10 Å². The summed E-state index contributed by atoms with van der Waals surface area (Å²) in [6.45, 7) is 1.45. The van der Waals surface area contributed by atoms with Gasteiger partial charge in [0.15, 0.2) is 5.78 Å². The Labute approximate surface area is 86.0 Å². The molecule has 0 aliphatic heterocycles. The minimum atomic E-state index is -1.01. The Morgan fingerprint density at radius 1 is 1.64 bits per heavy atom. The van der Waals surface area contributed by atoms with E-state index in [1.807, 2.05) is 0 Å². The summed E-state index contributed by atoms with van der Waals surface area (Å²) in [5.74, 6) is -0.0457. The van der Waals surface area contributed by atoms with Crippen molar-refractivity contribution in [3.8, 4) is 0 Å². The number of hydrogen-bond donors (Lipinski definition) is 3. The van der Waals surface area contributed by atoms with Crippen LogP contribution in [0.3, 0.4) is 0 Å². The van der Waals surface area contributed by atoms with Crippen molar-refractivity contribution in [3.63, 3.8) is 0 Å². The van der Waals surface area contributed by atoms with Gasteiger partial charge in [0.2, 0.25) is 0 Å². The molecule has 0 saturated heterocycles. The van der Waals surface area contributed by atoms with Gasteiger partial charge in [0.25, 0.3) is 0 Å². The molecule has 0 radical (unpaired) electrons. The highest BCUT2D eigenvalue weighted by atomic mass is 32.1. The Morgan fingerprint density at radius 3 is 2.71 bits per heavy atom. The first-order chi connectivity index (χ1) is 6.56. The van der Waals surface area contributed by atoms with Crippen LogP contribution in [0, 0.1) is 0 Å². The molecule has 2 unspecified atom stereocenters. The highest BCUT2D eigenvalue weighted by molar-refractivity contribution is 7.12. The highest BCUT2D eigenvalue weighted by Gasteiger charge is 2.18. The van der Waals surface area contributed by atoms with Crippen LogP contribution < -0.4 is 5.73 Å². The van der Waals surface area contributed by atoms with Crippen LogP contribution in [0.15, 0.2) is 11.4 Å². The lowest BCUT2D eigenvalue weighted by Gasteiger charge is -2.14. The molecule has 1 aromatic heterocycles. The van der Waals surface area contributed by atoms with E-state index >= 15 is 0 Å². The number of rotatable bonds is 4. The van der Waals surface area contributed by atoms with Crippen LogP contribution in [0.2, 0.25) is 0 Å². The monoisotopic (exact) mass is 215 g/mol. The van der Waals surface area contributed by atoms with Gasteiger partial charge in [0, 0.05) is 6.54 Å². The van der Waals surface area contributed by atoms with Crippen molar-refractivity contribution in [1.82, 2.24) is 0 Å². The van der Waals surface area contributed by atoms with E-state index in [4.69, 9.17) is 5.73 Å². The van der Waals surface area contributed by atoms with Crippen LogP contribution >= 0.6 is 11.3 Å². The molecule has 0 bridgehead atoms. The summed E-state index contributed by atoms with van der Waals surface area (Å²) in [6, 6.07) is 1.58. The summed E-state index contributed by atoms with van der Waals surface area (Å²) < 4.78 is 0. The van der Waals surface area contributed by atoms with Crippen molar-refractivity contribution in [3.05, 3.63) is 21.9 Å². The van der Waals surface area contributed by atoms with Crippen molar-refractivity contribution >= 4 is 17.1 Å². The van der Waals surface area contributed by atoms with E-state index in [-0.39, 0.29) is 12.3 Å². The highest BCUT2D eigenvalue weighted by Crippen LogP contribution is 2.23. The van der Waals surface area contributed by atoms with E-state index in [0.29, 0.717) is 10.4 Å². The Kier molecular flexibility index (Phi) is 3.77. The molecule has 0 aliphatic rings. The number of ketones is 1. The zero-order valence-corrected chi connectivity index (χ0v) is 8.62. The molecule has 14 heavy (non-hydrogen) atoms. The largest absolute Gasteiger partial charge is 0.389 e. The molecular formula is C9H13NO3S. The molecule has 2 atom stereocenters. The third-order valence-corrected chi connectivity index (χ3v) is 2.96. The fourth-order valence-corrected chi connectivity index (χ4v) is 1.88. The Balaban J connectivity index is 2.81. The molecule has 5 heteroatoms. The van der Waals surface area contributed by atoms with Crippen molar-refractivity contribution in [1.29, 1.82) is 0 Å². The third-order valence-electron chi connectivity index (χ3n) is 1.91. The van der Waals surface area contributed by atoms with Gasteiger partial charge in [-0.25, -0.2) is 0 Å². The predicted molar refractivity (Wildman–Crippen MR) is 54.3 cm³/mol. The standard InChI is InChI=1S/C9H13NO3S/c1-5(11)8-2-6(4-14-8)9(13)7(12)3-10/h2,4,7,9,12-13H,3,10H2,1H3. The molecule has 0 amide bonds. The lowest BCUT2D eigenvalue weighted by atomic mass is 10.1. The summed E-state index contributed by atoms with van der Waals surface area (Å²) in [6.07, 6.45) is -1.99. The maximum absolute atomic E-state index is 11.0. The van der Waals surface area contributed by atoms with E-state index in [1.54, 1.807) is 11.4 Å². The molecule has 4 nitrogen and oxygen atoms in total. The molecule has 4 N–H and O–H groups in total. The second kappa shape index (κ2) is 4.65. The molecule has 0 fully saturated rings. The zero-order valence-electron chi connectivity index (χ0n) is 7.80. The van der Waals surface area contributed by atoms with Gasteiger partial charge in [-0.3, -0.25) is 4.79 Å². The zero-order chi connectivity index (χ0) is 10.7. The fraction of sp³-hybridized carbons (Fsp3) is 0.444. The number of carbonyl (C=O) groups is 1. The molecule has 78 valence electrons. The summed E-state index contributed by atoms with van der Waals surface area (Å²) in [4.78, 5) is 11.5. The predicted octanol–water partition coefficient (Wildman–Crippen LogP) is 0.304. The first kappa shape index (κ1) is 11.3. The average molecular weight is 215 g/mol. The van der Waals surface area contributed by atoms with Crippen molar-refractivity contribution in [2.24, 2.45) is 5.73 Å². The second-order valence-electron chi connectivity index (χ2n) is 3.05. The number of nitrogens with two attached hydrogens (primary N) is 1. The van der Waals surface area contributed by atoms with Crippen LogP contribution in [0.25, 0.3) is 0 Å². The number of hydrogen-bond acceptors (Lipinski definition) is 5. The first-order valence-corrected chi connectivity index (χ1v) is 5.09. The fourth-order valence-electron chi connectivity index (χ4n) is 1.04. The molecule has 0 aliphatic carbocycles. The third kappa shape index (κ3) is 2.39. The Morgan fingerprint density at radius 2 is 2.29 bits per heavy atom. The SMILES string of the molecule is CC(=O)c1cc(C(O)C(O)CN)cs1. The summed E-state index contributed by atoms with van der Waals surface area (Å²) >= 11 is 1.25. The van der Waals surface area contributed by atoms with Crippen LogP contribution in [0.1, 0.15) is 28.3 Å². The van der Waals surface area contributed by atoms with Crippen LogP contribution in [0.4, 0.5) is 0 Å². The summed E-state index contributed by atoms with van der Waals surface area (Å²) in [7, 11) is 0. The van der Waals surface area contributed by atoms with Gasteiger partial charge in [0.05, 0.1) is 11.0 Å². The smallest absolute Gasteiger partial charge is 0.169 e. The maximum atomic E-state index is 11.0. The van der Waals surface area contributed by atoms with Crippen LogP contribution in [0.5, 0.6) is 0 Å². The summed E-state index contributed by atoms with van der Waals surface area (Å²) in [5, 5.41) is 20.5. The number of aliphatic hydroxyl groups is 2. The van der Waals surface area contributed by atoms with Gasteiger partial charge in [-0.2, -0.15) is 0 Å². The second-order valence-corrected chi connectivity index (χ2v) is 3.96. The van der Waals surface area contributed by atoms with Gasteiger partial charge in [-0.1, -0.05) is 0 Å². The molecule has 1 heterocycles. The minimum absolute atomic E-state index is 0.00752. The number of carbonyl (C=O) groups excluding carboxylic acids is 1. The average Bonchev–Trinajstić information content (AvgIpc) is 2.64. The van der Waals surface area contributed by atoms with Crippen LogP contribution in [-0.4, -0.2) is 28.6 Å². The quantitative estimate of drug-likeness (QED) is 0.631. The van der Waals surface area contributed by atoms with E-state index in [9.17, 15) is 15.0 Å². The van der Waals surface area contributed by atoms with Gasteiger partial charge in [-0.15, -0.1) is 11.3 Å². The van der Waals surface area contributed by atoms with Gasteiger partial charge < -0.3 is 15.9 Å². The van der Waals surface area contributed by atoms with Gasteiger partial charge in [-0.05, 0) is 23.9 Å². The van der Waals surface area contributed by atoms with Crippen LogP contribution in [-0.2, 0) is 0 Å². The Bertz CT molecular complexity index is 324. The lowest BCUT2D eigenvalue weighted by molar-refractivity contribution is 0.0246. The lowest BCUT2D eigenvalue weighted by Crippen LogP contribution is -2.26. The topological polar surface area (TPSA) is 83.5 Å². The molecule has 1 aromatic rings. The van der Waals surface area contributed by atoms with Crippen molar-refractivity contribution in [2.75, 3.05) is 6.54 Å². The molecule has 1 rings (SSSR count). The minimum Gasteiger partial charge on any atom is -0.389 e. The van der Waals surface area contributed by atoms with Gasteiger partial charge >= 0.3 is 0 Å². The molecular weight excluding hydrogens is 202 g/mol. The van der Waals surface area contributed by atoms with Crippen molar-refractivity contribution < 1.29 is 15.0 Å². The maximum Gasteiger partial charge on any atom is 0.169 e. The molecule has 0 saturated carbocycles. The van der Waals surface area contributed by atoms with E-state index < -0.39 is 12.2 Å². The van der Waals surface area contributed by atoms with E-state index in [1.165, 1.54) is 18.3 Å². The normalized spacial score (nSPS) is 15.1.